The summed E-state index contributed by atoms with van der Waals surface area (Å²) in [5, 5.41) is 7.34. The van der Waals surface area contributed by atoms with Gasteiger partial charge in [0.05, 0.1) is 18.1 Å². The van der Waals surface area contributed by atoms with Gasteiger partial charge in [0.2, 0.25) is 5.91 Å². The predicted molar refractivity (Wildman–Crippen MR) is 142 cm³/mol. The van der Waals surface area contributed by atoms with Gasteiger partial charge in [-0.3, -0.25) is 4.79 Å². The maximum Gasteiger partial charge on any atom is 0.433 e. The summed E-state index contributed by atoms with van der Waals surface area (Å²) in [4.78, 5) is 21.7. The number of nitrogens with two attached hydrogens (primary N) is 1. The molecule has 39 heavy (non-hydrogen) atoms. The third-order valence-electron chi connectivity index (χ3n) is 7.65. The van der Waals surface area contributed by atoms with E-state index < -0.39 is 17.8 Å². The van der Waals surface area contributed by atoms with E-state index in [-0.39, 0.29) is 17.6 Å². The zero-order valence-corrected chi connectivity index (χ0v) is 21.8. The van der Waals surface area contributed by atoms with Crippen molar-refractivity contribution in [2.24, 2.45) is 5.73 Å². The fourth-order valence-electron chi connectivity index (χ4n) is 5.70. The molecule has 2 aromatic heterocycles. The summed E-state index contributed by atoms with van der Waals surface area (Å²) < 4.78 is 44.8. The number of halogens is 3. The summed E-state index contributed by atoms with van der Waals surface area (Å²) in [6, 6.07) is 10.2. The van der Waals surface area contributed by atoms with E-state index in [2.05, 4.69) is 32.4 Å². The summed E-state index contributed by atoms with van der Waals surface area (Å²) in [5.74, 6) is 0.0381. The standard InChI is InChI=1S/C28H33F3N6O2/c1-27(12-5-13-37(17-27)20-10-11-24(33-15-20)28(29,30)31)36-22-9-3-2-8-21(22)35-26-34-16-23(39-26)18-6-4-7-19(14-18)25(32)38/h4,6-7,10-11,14-16,21-22,36H,2-3,5,8-9,12-13,17H2,1H3,(H2,32,38)(H,34,35)/t21-,22-,27+/m1/s1. The van der Waals surface area contributed by atoms with Gasteiger partial charge in [0, 0.05) is 41.8 Å². The lowest BCUT2D eigenvalue weighted by atomic mass is 9.84. The summed E-state index contributed by atoms with van der Waals surface area (Å²) in [6.07, 6.45) is 4.52. The van der Waals surface area contributed by atoms with Crippen LogP contribution in [0.2, 0.25) is 0 Å². The molecular formula is C28H33F3N6O2. The van der Waals surface area contributed by atoms with Crippen LogP contribution in [0.1, 0.15) is 61.5 Å². The van der Waals surface area contributed by atoms with Crippen LogP contribution in [0.25, 0.3) is 11.3 Å². The Morgan fingerprint density at radius 1 is 1.10 bits per heavy atom. The molecule has 0 unspecified atom stereocenters. The monoisotopic (exact) mass is 542 g/mol. The van der Waals surface area contributed by atoms with Crippen molar-refractivity contribution in [1.82, 2.24) is 15.3 Å². The molecule has 3 aromatic rings. The van der Waals surface area contributed by atoms with Crippen LogP contribution >= 0.6 is 0 Å². The number of hydrogen-bond donors (Lipinski definition) is 3. The number of amides is 1. The van der Waals surface area contributed by atoms with Crippen LogP contribution in [-0.4, -0.2) is 46.6 Å². The molecule has 2 aliphatic rings. The van der Waals surface area contributed by atoms with Crippen molar-refractivity contribution in [3.05, 3.63) is 60.0 Å². The molecule has 0 radical (unpaired) electrons. The highest BCUT2D eigenvalue weighted by Crippen LogP contribution is 2.32. The third-order valence-corrected chi connectivity index (χ3v) is 7.65. The van der Waals surface area contributed by atoms with Gasteiger partial charge < -0.3 is 25.7 Å². The topological polar surface area (TPSA) is 109 Å². The van der Waals surface area contributed by atoms with Gasteiger partial charge in [-0.25, -0.2) is 9.97 Å². The SMILES string of the molecule is C[C@]1(N[C@@H]2CCCC[C@H]2Nc2ncc(-c3cccc(C(N)=O)c3)o2)CCCN(c2ccc(C(F)(F)F)nc2)C1. The summed E-state index contributed by atoms with van der Waals surface area (Å²) in [7, 11) is 0. The van der Waals surface area contributed by atoms with E-state index in [0.717, 1.165) is 56.7 Å². The smallest absolute Gasteiger partial charge is 0.424 e. The lowest BCUT2D eigenvalue weighted by molar-refractivity contribution is -0.141. The van der Waals surface area contributed by atoms with Crippen molar-refractivity contribution in [2.45, 2.75) is 69.2 Å². The van der Waals surface area contributed by atoms with Crippen molar-refractivity contribution in [3.63, 3.8) is 0 Å². The molecule has 2 fully saturated rings. The number of oxazole rings is 1. The molecule has 1 amide bonds. The molecule has 3 atom stereocenters. The number of rotatable bonds is 7. The Kier molecular flexibility index (Phi) is 7.53. The number of aromatic nitrogens is 2. The van der Waals surface area contributed by atoms with E-state index in [0.29, 0.717) is 29.6 Å². The molecule has 208 valence electrons. The Morgan fingerprint density at radius 3 is 2.62 bits per heavy atom. The molecule has 1 aromatic carbocycles. The summed E-state index contributed by atoms with van der Waals surface area (Å²) >= 11 is 0. The quantitative estimate of drug-likeness (QED) is 0.375. The molecule has 1 saturated heterocycles. The molecule has 3 heterocycles. The highest BCUT2D eigenvalue weighted by molar-refractivity contribution is 5.93. The Hall–Kier alpha value is -3.60. The number of nitrogens with zero attached hydrogens (tertiary/aromatic N) is 3. The van der Waals surface area contributed by atoms with E-state index >= 15 is 0 Å². The van der Waals surface area contributed by atoms with Gasteiger partial charge in [0.25, 0.3) is 6.01 Å². The third kappa shape index (κ3) is 6.35. The fourth-order valence-corrected chi connectivity index (χ4v) is 5.70. The highest BCUT2D eigenvalue weighted by Gasteiger charge is 2.37. The number of nitrogens with one attached hydrogen (secondary N) is 2. The number of hydrogen-bond acceptors (Lipinski definition) is 7. The fraction of sp³-hybridized carbons (Fsp3) is 0.464. The van der Waals surface area contributed by atoms with Gasteiger partial charge in [-0.1, -0.05) is 25.0 Å². The zero-order chi connectivity index (χ0) is 27.6. The number of benzene rings is 1. The van der Waals surface area contributed by atoms with Gasteiger partial charge >= 0.3 is 6.18 Å². The molecule has 0 spiro atoms. The normalized spacial score (nSPS) is 23.9. The zero-order valence-electron chi connectivity index (χ0n) is 21.8. The van der Waals surface area contributed by atoms with Crippen LogP contribution in [0.4, 0.5) is 24.9 Å². The van der Waals surface area contributed by atoms with Crippen LogP contribution in [-0.2, 0) is 6.18 Å². The minimum atomic E-state index is -4.45. The second kappa shape index (κ2) is 10.9. The Balaban J connectivity index is 1.25. The van der Waals surface area contributed by atoms with E-state index in [1.807, 2.05) is 6.07 Å². The second-order valence-electron chi connectivity index (χ2n) is 10.7. The Bertz CT molecular complexity index is 1290. The van der Waals surface area contributed by atoms with Gasteiger partial charge in [0.15, 0.2) is 5.76 Å². The number of piperidine rings is 1. The number of carbonyl (C=O) groups is 1. The molecular weight excluding hydrogens is 509 g/mol. The maximum atomic E-state index is 13.0. The highest BCUT2D eigenvalue weighted by atomic mass is 19.4. The van der Waals surface area contributed by atoms with Crippen LogP contribution in [0, 0.1) is 0 Å². The first kappa shape index (κ1) is 27.0. The first-order valence-corrected chi connectivity index (χ1v) is 13.3. The van der Waals surface area contributed by atoms with Crippen molar-refractivity contribution in [3.8, 4) is 11.3 Å². The van der Waals surface area contributed by atoms with E-state index in [4.69, 9.17) is 10.2 Å². The van der Waals surface area contributed by atoms with Crippen molar-refractivity contribution >= 4 is 17.6 Å². The molecule has 0 bridgehead atoms. The van der Waals surface area contributed by atoms with Crippen LogP contribution in [0.3, 0.4) is 0 Å². The van der Waals surface area contributed by atoms with Crippen LogP contribution < -0.4 is 21.3 Å². The lowest BCUT2D eigenvalue weighted by Gasteiger charge is -2.46. The van der Waals surface area contributed by atoms with E-state index in [9.17, 15) is 18.0 Å². The van der Waals surface area contributed by atoms with E-state index in [1.165, 1.54) is 12.3 Å². The molecule has 4 N–H and O–H groups in total. The minimum Gasteiger partial charge on any atom is -0.424 e. The predicted octanol–water partition coefficient (Wildman–Crippen LogP) is 5.23. The number of carbonyl (C=O) groups excluding carboxylic acids is 1. The number of anilines is 2. The molecule has 11 heteroatoms. The average molecular weight is 543 g/mol. The first-order valence-electron chi connectivity index (χ1n) is 13.3. The maximum absolute atomic E-state index is 13.0. The van der Waals surface area contributed by atoms with Gasteiger partial charge in [-0.15, -0.1) is 0 Å². The Morgan fingerprint density at radius 2 is 1.90 bits per heavy atom. The van der Waals surface area contributed by atoms with Gasteiger partial charge in [-0.05, 0) is 56.9 Å². The van der Waals surface area contributed by atoms with Crippen molar-refractivity contribution < 1.29 is 22.4 Å². The number of pyridine rings is 1. The summed E-state index contributed by atoms with van der Waals surface area (Å²) in [6.45, 7) is 3.62. The number of alkyl halides is 3. The van der Waals surface area contributed by atoms with Crippen molar-refractivity contribution in [2.75, 3.05) is 23.3 Å². The Labute approximate surface area is 225 Å². The van der Waals surface area contributed by atoms with Gasteiger partial charge in [-0.2, -0.15) is 13.2 Å². The largest absolute Gasteiger partial charge is 0.433 e. The minimum absolute atomic E-state index is 0.0992. The van der Waals surface area contributed by atoms with E-state index in [1.54, 1.807) is 24.4 Å². The van der Waals surface area contributed by atoms with Crippen LogP contribution in [0.5, 0.6) is 0 Å². The van der Waals surface area contributed by atoms with Crippen molar-refractivity contribution in [1.29, 1.82) is 0 Å². The lowest BCUT2D eigenvalue weighted by Crippen LogP contribution is -2.61. The molecule has 1 aliphatic carbocycles. The number of primary amides is 1. The summed E-state index contributed by atoms with van der Waals surface area (Å²) in [5.41, 5.74) is 6.12. The first-order chi connectivity index (χ1) is 18.6. The molecule has 1 saturated carbocycles. The average Bonchev–Trinajstić information content (AvgIpc) is 3.38. The molecule has 8 nitrogen and oxygen atoms in total. The van der Waals surface area contributed by atoms with Gasteiger partial charge in [0.1, 0.15) is 5.69 Å². The second-order valence-corrected chi connectivity index (χ2v) is 10.7. The van der Waals surface area contributed by atoms with Crippen LogP contribution in [0.15, 0.2) is 53.2 Å². The molecule has 1 aliphatic heterocycles. The molecule has 5 rings (SSSR count).